The number of anilines is 1. The molecule has 4 N–H and O–H groups in total. The van der Waals surface area contributed by atoms with Crippen molar-refractivity contribution in [1.29, 1.82) is 0 Å². The molecule has 2 aromatic carbocycles. The Hall–Kier alpha value is -3.64. The molecule has 9 nitrogen and oxygen atoms in total. The number of nitrogens with two attached hydrogens (primary N) is 1. The lowest BCUT2D eigenvalue weighted by molar-refractivity contribution is 0.305. The van der Waals surface area contributed by atoms with Crippen molar-refractivity contribution in [2.24, 2.45) is 5.73 Å². The van der Waals surface area contributed by atoms with Gasteiger partial charge in [0.25, 0.3) is 10.0 Å². The maximum Gasteiger partial charge on any atom is 0.264 e. The molecule has 4 rings (SSSR count). The molecule has 33 heavy (non-hydrogen) atoms. The minimum absolute atomic E-state index is 0.151. The molecule has 0 saturated heterocycles. The molecule has 0 bridgehead atoms. The van der Waals surface area contributed by atoms with Gasteiger partial charge < -0.3 is 10.5 Å². The quantitative estimate of drug-likeness (QED) is 0.334. The van der Waals surface area contributed by atoms with Gasteiger partial charge in [-0.05, 0) is 62.4 Å². The van der Waals surface area contributed by atoms with Crippen LogP contribution >= 0.6 is 0 Å². The van der Waals surface area contributed by atoms with Crippen molar-refractivity contribution in [3.05, 3.63) is 59.8 Å². The van der Waals surface area contributed by atoms with Gasteiger partial charge >= 0.3 is 0 Å². The Balaban J connectivity index is 1.62. The van der Waals surface area contributed by atoms with Gasteiger partial charge in [0.2, 0.25) is 5.88 Å². The van der Waals surface area contributed by atoms with Crippen molar-refractivity contribution in [2.75, 3.05) is 17.9 Å². The number of H-pyrrole nitrogens is 1. The maximum absolute atomic E-state index is 13.9. The molecule has 0 spiro atoms. The Kier molecular flexibility index (Phi) is 6.20. The van der Waals surface area contributed by atoms with Gasteiger partial charge in [0, 0.05) is 16.9 Å². The predicted octanol–water partition coefficient (Wildman–Crippen LogP) is 3.13. The number of benzene rings is 2. The number of nitrogens with zero attached hydrogens (tertiary/aromatic N) is 3. The van der Waals surface area contributed by atoms with Crippen LogP contribution in [0.2, 0.25) is 0 Å². The van der Waals surface area contributed by atoms with Crippen LogP contribution < -0.4 is 15.2 Å². The van der Waals surface area contributed by atoms with Crippen LogP contribution in [-0.4, -0.2) is 41.7 Å². The van der Waals surface area contributed by atoms with E-state index in [-0.39, 0.29) is 5.69 Å². The minimum atomic E-state index is -4.33. The number of aryl methyl sites for hydroxylation is 1. The highest BCUT2D eigenvalue weighted by Crippen LogP contribution is 2.29. The number of ether oxygens (including phenoxy) is 1. The fraction of sp³-hybridized carbons (Fsp3) is 0.190. The average molecular weight is 474 g/mol. The van der Waals surface area contributed by atoms with Gasteiger partial charge in [-0.25, -0.2) is 22.2 Å². The summed E-state index contributed by atoms with van der Waals surface area (Å²) in [4.78, 5) is 8.14. The van der Waals surface area contributed by atoms with Gasteiger partial charge in [-0.15, -0.1) is 0 Å². The molecule has 2 heterocycles. The zero-order valence-corrected chi connectivity index (χ0v) is 18.3. The first-order chi connectivity index (χ1) is 15.8. The highest BCUT2D eigenvalue weighted by atomic mass is 32.2. The number of hydrogen-bond acceptors (Lipinski definition) is 7. The number of aromatic amines is 1. The molecule has 0 aliphatic heterocycles. The summed E-state index contributed by atoms with van der Waals surface area (Å²) in [5.74, 6) is -1.24. The predicted molar refractivity (Wildman–Crippen MR) is 118 cm³/mol. The van der Waals surface area contributed by atoms with E-state index in [2.05, 4.69) is 24.9 Å². The van der Waals surface area contributed by atoms with E-state index in [0.717, 1.165) is 17.8 Å². The molecule has 0 aliphatic rings. The van der Waals surface area contributed by atoms with Crippen molar-refractivity contribution in [2.45, 2.75) is 18.2 Å². The van der Waals surface area contributed by atoms with E-state index >= 15 is 0 Å². The molecule has 0 fully saturated rings. The van der Waals surface area contributed by atoms with E-state index in [1.54, 1.807) is 12.1 Å². The van der Waals surface area contributed by atoms with E-state index in [9.17, 15) is 17.2 Å². The van der Waals surface area contributed by atoms with Crippen LogP contribution in [0.15, 0.2) is 47.4 Å². The number of rotatable bonds is 8. The summed E-state index contributed by atoms with van der Waals surface area (Å²) in [5, 5.41) is 7.69. The Morgan fingerprint density at radius 2 is 1.88 bits per heavy atom. The van der Waals surface area contributed by atoms with Crippen molar-refractivity contribution in [1.82, 2.24) is 20.2 Å². The molecule has 12 heteroatoms. The first kappa shape index (κ1) is 22.6. The number of halogens is 2. The fourth-order valence-electron chi connectivity index (χ4n) is 3.10. The normalized spacial score (nSPS) is 11.6. The molecule has 0 amide bonds. The standard InChI is InChI=1S/C21H20F2N6O3S/c1-12-18-20(28-27-12)25-19(26-21(18)32-10-2-9-24)13-3-6-15(7-4-13)29-33(30,31)17-11-14(22)5-8-16(17)23/h3-8,11,29H,2,9-10,24H2,1H3,(H,25,26,27,28). The minimum Gasteiger partial charge on any atom is -0.477 e. The summed E-state index contributed by atoms with van der Waals surface area (Å²) in [6.07, 6.45) is 0.651. The third-order valence-corrected chi connectivity index (χ3v) is 6.12. The highest BCUT2D eigenvalue weighted by Gasteiger charge is 2.20. The molecule has 2 aromatic heterocycles. The number of fused-ring (bicyclic) bond motifs is 1. The van der Waals surface area contributed by atoms with E-state index in [1.165, 1.54) is 12.1 Å². The van der Waals surface area contributed by atoms with Gasteiger partial charge in [0.1, 0.15) is 21.9 Å². The Morgan fingerprint density at radius 3 is 2.61 bits per heavy atom. The van der Waals surface area contributed by atoms with Crippen molar-refractivity contribution >= 4 is 26.7 Å². The van der Waals surface area contributed by atoms with Crippen LogP contribution in [0, 0.1) is 18.6 Å². The van der Waals surface area contributed by atoms with Gasteiger partial charge in [0.15, 0.2) is 11.5 Å². The number of aromatic nitrogens is 4. The zero-order valence-electron chi connectivity index (χ0n) is 17.5. The molecule has 0 unspecified atom stereocenters. The topological polar surface area (TPSA) is 136 Å². The molecule has 0 aliphatic carbocycles. The smallest absolute Gasteiger partial charge is 0.264 e. The lowest BCUT2D eigenvalue weighted by Crippen LogP contribution is -2.14. The van der Waals surface area contributed by atoms with Crippen LogP contribution in [0.3, 0.4) is 0 Å². The fourth-order valence-corrected chi connectivity index (χ4v) is 4.25. The summed E-state index contributed by atoms with van der Waals surface area (Å²) in [6.45, 7) is 2.68. The number of nitrogens with one attached hydrogen (secondary N) is 2. The summed E-state index contributed by atoms with van der Waals surface area (Å²) in [7, 11) is -4.33. The third-order valence-electron chi connectivity index (χ3n) is 4.73. The largest absolute Gasteiger partial charge is 0.477 e. The molecule has 172 valence electrons. The SMILES string of the molecule is Cc1[nH]nc2nc(-c3ccc(NS(=O)(=O)c4cc(F)ccc4F)cc3)nc(OCCCN)c12. The van der Waals surface area contributed by atoms with Crippen molar-refractivity contribution < 1.29 is 21.9 Å². The van der Waals surface area contributed by atoms with Crippen molar-refractivity contribution in [3.8, 4) is 17.3 Å². The van der Waals surface area contributed by atoms with Crippen LogP contribution in [0.25, 0.3) is 22.4 Å². The van der Waals surface area contributed by atoms with Gasteiger partial charge in [-0.2, -0.15) is 10.1 Å². The number of hydrogen-bond donors (Lipinski definition) is 3. The molecule has 4 aromatic rings. The summed E-state index contributed by atoms with van der Waals surface area (Å²) < 4.78 is 60.2. The zero-order chi connectivity index (χ0) is 23.6. The van der Waals surface area contributed by atoms with Crippen LogP contribution in [0.4, 0.5) is 14.5 Å². The van der Waals surface area contributed by atoms with Crippen LogP contribution in [0.1, 0.15) is 12.1 Å². The Bertz CT molecular complexity index is 1410. The molecular formula is C21H20F2N6O3S. The van der Waals surface area contributed by atoms with E-state index in [1.807, 2.05) is 6.92 Å². The molecule has 0 radical (unpaired) electrons. The average Bonchev–Trinajstić information content (AvgIpc) is 3.16. The van der Waals surface area contributed by atoms with Crippen LogP contribution in [0.5, 0.6) is 5.88 Å². The maximum atomic E-state index is 13.9. The Morgan fingerprint density at radius 1 is 1.12 bits per heavy atom. The Labute approximate surface area is 188 Å². The summed E-state index contributed by atoms with van der Waals surface area (Å²) in [5.41, 5.74) is 7.43. The lowest BCUT2D eigenvalue weighted by atomic mass is 10.2. The lowest BCUT2D eigenvalue weighted by Gasteiger charge is -2.10. The second kappa shape index (κ2) is 9.08. The van der Waals surface area contributed by atoms with Gasteiger partial charge in [0.05, 0.1) is 6.61 Å². The monoisotopic (exact) mass is 474 g/mol. The van der Waals surface area contributed by atoms with Gasteiger partial charge in [-0.3, -0.25) is 9.82 Å². The van der Waals surface area contributed by atoms with Gasteiger partial charge in [-0.1, -0.05) is 0 Å². The molecular weight excluding hydrogens is 454 g/mol. The first-order valence-corrected chi connectivity index (χ1v) is 11.4. The van der Waals surface area contributed by atoms with Crippen molar-refractivity contribution in [3.63, 3.8) is 0 Å². The summed E-state index contributed by atoms with van der Waals surface area (Å²) >= 11 is 0. The summed E-state index contributed by atoms with van der Waals surface area (Å²) in [6, 6.07) is 8.31. The van der Waals surface area contributed by atoms with E-state index < -0.39 is 26.6 Å². The van der Waals surface area contributed by atoms with Crippen LogP contribution in [-0.2, 0) is 10.0 Å². The molecule has 0 saturated carbocycles. The van der Waals surface area contributed by atoms with E-state index in [0.29, 0.717) is 53.9 Å². The first-order valence-electron chi connectivity index (χ1n) is 9.92. The third kappa shape index (κ3) is 4.76. The number of sulfonamides is 1. The molecule has 0 atom stereocenters. The second-order valence-corrected chi connectivity index (χ2v) is 8.80. The van der Waals surface area contributed by atoms with E-state index in [4.69, 9.17) is 10.5 Å². The second-order valence-electron chi connectivity index (χ2n) is 7.15. The highest BCUT2D eigenvalue weighted by molar-refractivity contribution is 7.92.